The Balaban J connectivity index is 2.18. The van der Waals surface area contributed by atoms with Gasteiger partial charge in [0, 0.05) is 46.0 Å². The lowest BCUT2D eigenvalue weighted by Crippen LogP contribution is -2.35. The quantitative estimate of drug-likeness (QED) is 0.617. The molecule has 1 aliphatic heterocycles. The Bertz CT molecular complexity index is 804. The third kappa shape index (κ3) is 5.35. The first kappa shape index (κ1) is 22.0. The number of hydrogen-bond donors (Lipinski definition) is 2. The third-order valence-electron chi connectivity index (χ3n) is 4.39. The highest BCUT2D eigenvalue weighted by molar-refractivity contribution is 7.89. The Morgan fingerprint density at radius 3 is 2.39 bits per heavy atom. The van der Waals surface area contributed by atoms with Crippen molar-refractivity contribution in [2.24, 2.45) is 0 Å². The van der Waals surface area contributed by atoms with Crippen molar-refractivity contribution in [3.8, 4) is 0 Å². The van der Waals surface area contributed by atoms with E-state index >= 15 is 0 Å². The lowest BCUT2D eigenvalue weighted by atomic mass is 10.1. The Morgan fingerprint density at radius 2 is 1.79 bits per heavy atom. The van der Waals surface area contributed by atoms with E-state index in [2.05, 4.69) is 15.5 Å². The molecule has 0 unspecified atom stereocenters. The van der Waals surface area contributed by atoms with Crippen LogP contribution in [0.25, 0.3) is 0 Å². The average Bonchev–Trinajstić information content (AvgIpc) is 3.19. The zero-order valence-electron chi connectivity index (χ0n) is 16.5. The summed E-state index contributed by atoms with van der Waals surface area (Å²) < 4.78 is 30.8. The number of alkyl carbamates (subject to hydrolysis) is 1. The second kappa shape index (κ2) is 9.74. The van der Waals surface area contributed by atoms with Crippen molar-refractivity contribution in [3.05, 3.63) is 23.8 Å². The maximum atomic E-state index is 12.8. The molecule has 1 fully saturated rings. The topological polar surface area (TPSA) is 108 Å². The minimum Gasteiger partial charge on any atom is -0.450 e. The summed E-state index contributed by atoms with van der Waals surface area (Å²) in [6.07, 6.45) is 1.51. The van der Waals surface area contributed by atoms with Gasteiger partial charge in [-0.1, -0.05) is 0 Å². The van der Waals surface area contributed by atoms with Crippen molar-refractivity contribution in [2.45, 2.75) is 24.7 Å². The van der Waals surface area contributed by atoms with Crippen LogP contribution in [0.1, 0.15) is 30.1 Å². The molecule has 9 nitrogen and oxygen atoms in total. The third-order valence-corrected chi connectivity index (χ3v) is 6.20. The smallest absolute Gasteiger partial charge is 0.407 e. The number of carbonyl (C=O) groups is 2. The summed E-state index contributed by atoms with van der Waals surface area (Å²) in [5.41, 5.74) is 1.02. The first-order valence-electron chi connectivity index (χ1n) is 9.27. The minimum absolute atomic E-state index is 0.0650. The van der Waals surface area contributed by atoms with Crippen LogP contribution in [0.5, 0.6) is 0 Å². The van der Waals surface area contributed by atoms with Gasteiger partial charge in [0.15, 0.2) is 0 Å². The van der Waals surface area contributed by atoms with Crippen molar-refractivity contribution < 1.29 is 22.7 Å². The van der Waals surface area contributed by atoms with Crippen LogP contribution in [-0.4, -0.2) is 71.6 Å². The Hall–Kier alpha value is -2.33. The summed E-state index contributed by atoms with van der Waals surface area (Å²) in [6.45, 7) is 4.02. The van der Waals surface area contributed by atoms with E-state index in [1.807, 2.05) is 0 Å². The minimum atomic E-state index is -3.65. The maximum absolute atomic E-state index is 12.8. The van der Waals surface area contributed by atoms with Crippen LogP contribution in [0.15, 0.2) is 23.1 Å². The maximum Gasteiger partial charge on any atom is 0.407 e. The van der Waals surface area contributed by atoms with Crippen LogP contribution < -0.4 is 15.5 Å². The van der Waals surface area contributed by atoms with E-state index < -0.39 is 16.1 Å². The highest BCUT2D eigenvalue weighted by atomic mass is 32.2. The molecule has 1 aromatic carbocycles. The van der Waals surface area contributed by atoms with E-state index in [0.29, 0.717) is 11.3 Å². The Morgan fingerprint density at radius 1 is 1.14 bits per heavy atom. The Kier molecular flexibility index (Phi) is 7.64. The molecule has 10 heteroatoms. The van der Waals surface area contributed by atoms with Gasteiger partial charge in [-0.3, -0.25) is 4.79 Å². The predicted octanol–water partition coefficient (Wildman–Crippen LogP) is 1.01. The molecule has 1 heterocycles. The number of nitrogens with one attached hydrogen (secondary N) is 2. The number of amides is 2. The summed E-state index contributed by atoms with van der Waals surface area (Å²) in [6, 6.07) is 4.63. The summed E-state index contributed by atoms with van der Waals surface area (Å²) >= 11 is 0. The lowest BCUT2D eigenvalue weighted by Gasteiger charge is -2.22. The average molecular weight is 413 g/mol. The second-order valence-corrected chi connectivity index (χ2v) is 8.72. The largest absolute Gasteiger partial charge is 0.450 e. The second-order valence-electron chi connectivity index (χ2n) is 6.56. The predicted molar refractivity (Wildman–Crippen MR) is 106 cm³/mol. The van der Waals surface area contributed by atoms with Gasteiger partial charge in [0.05, 0.1) is 17.1 Å². The standard InChI is InChI=1S/C18H28N4O5S/c1-4-27-18(24)20-10-9-19-17(23)15-13-14(28(25,26)21(2)3)7-8-16(15)22-11-5-6-12-22/h7-8,13H,4-6,9-12H2,1-3H3,(H,19,23)(H,20,24). The number of benzene rings is 1. The van der Waals surface area contributed by atoms with E-state index in [9.17, 15) is 18.0 Å². The van der Waals surface area contributed by atoms with Crippen molar-refractivity contribution in [3.63, 3.8) is 0 Å². The molecule has 2 rings (SSSR count). The normalized spacial score (nSPS) is 14.2. The van der Waals surface area contributed by atoms with Gasteiger partial charge in [-0.05, 0) is 38.0 Å². The molecule has 2 N–H and O–H groups in total. The molecular formula is C18H28N4O5S. The number of nitrogens with zero attached hydrogens (tertiary/aromatic N) is 2. The number of rotatable bonds is 8. The van der Waals surface area contributed by atoms with Crippen LogP contribution >= 0.6 is 0 Å². The molecule has 28 heavy (non-hydrogen) atoms. The van der Waals surface area contributed by atoms with E-state index in [0.717, 1.165) is 30.2 Å². The number of anilines is 1. The fourth-order valence-corrected chi connectivity index (χ4v) is 3.85. The molecule has 0 saturated carbocycles. The van der Waals surface area contributed by atoms with Crippen LogP contribution in [0.3, 0.4) is 0 Å². The monoisotopic (exact) mass is 412 g/mol. The van der Waals surface area contributed by atoms with Crippen molar-refractivity contribution in [2.75, 3.05) is 51.8 Å². The molecule has 1 saturated heterocycles. The van der Waals surface area contributed by atoms with Gasteiger partial charge in [0.2, 0.25) is 10.0 Å². The number of hydrogen-bond acceptors (Lipinski definition) is 6. The number of sulfonamides is 1. The fraction of sp³-hybridized carbons (Fsp3) is 0.556. The molecule has 0 spiro atoms. The van der Waals surface area contributed by atoms with Gasteiger partial charge in [-0.25, -0.2) is 17.5 Å². The first-order chi connectivity index (χ1) is 13.3. The van der Waals surface area contributed by atoms with Crippen molar-refractivity contribution in [1.29, 1.82) is 0 Å². The number of ether oxygens (including phenoxy) is 1. The first-order valence-corrected chi connectivity index (χ1v) is 10.7. The molecule has 0 radical (unpaired) electrons. The van der Waals surface area contributed by atoms with Crippen LogP contribution in [0.4, 0.5) is 10.5 Å². The van der Waals surface area contributed by atoms with Crippen LogP contribution in [0, 0.1) is 0 Å². The molecule has 0 aromatic heterocycles. The van der Waals surface area contributed by atoms with Crippen LogP contribution in [0.2, 0.25) is 0 Å². The molecule has 0 atom stereocenters. The number of carbonyl (C=O) groups excluding carboxylic acids is 2. The highest BCUT2D eigenvalue weighted by Gasteiger charge is 2.24. The van der Waals surface area contributed by atoms with Gasteiger partial charge in [0.25, 0.3) is 5.91 Å². The van der Waals surface area contributed by atoms with E-state index in [4.69, 9.17) is 4.74 Å². The zero-order valence-corrected chi connectivity index (χ0v) is 17.3. The van der Waals surface area contributed by atoms with E-state index in [1.54, 1.807) is 13.0 Å². The summed E-state index contributed by atoms with van der Waals surface area (Å²) in [5.74, 6) is -0.386. The molecular weight excluding hydrogens is 384 g/mol. The van der Waals surface area contributed by atoms with Gasteiger partial charge >= 0.3 is 6.09 Å². The van der Waals surface area contributed by atoms with Crippen molar-refractivity contribution >= 4 is 27.7 Å². The Labute approximate surface area is 166 Å². The van der Waals surface area contributed by atoms with Gasteiger partial charge in [-0.2, -0.15) is 0 Å². The molecule has 0 bridgehead atoms. The van der Waals surface area contributed by atoms with Crippen molar-refractivity contribution in [1.82, 2.24) is 14.9 Å². The zero-order chi connectivity index (χ0) is 20.7. The molecule has 1 aromatic rings. The fourth-order valence-electron chi connectivity index (χ4n) is 2.92. The van der Waals surface area contributed by atoms with Gasteiger partial charge < -0.3 is 20.3 Å². The van der Waals surface area contributed by atoms with Crippen LogP contribution in [-0.2, 0) is 14.8 Å². The summed E-state index contributed by atoms with van der Waals surface area (Å²) in [7, 11) is -0.757. The molecule has 1 aliphatic rings. The highest BCUT2D eigenvalue weighted by Crippen LogP contribution is 2.28. The van der Waals surface area contributed by atoms with E-state index in [1.165, 1.54) is 26.2 Å². The molecule has 156 valence electrons. The summed E-state index contributed by atoms with van der Waals surface area (Å²) in [5, 5.41) is 5.25. The lowest BCUT2D eigenvalue weighted by molar-refractivity contribution is 0.0952. The SMILES string of the molecule is CCOC(=O)NCCNC(=O)c1cc(S(=O)(=O)N(C)C)ccc1N1CCCC1. The molecule has 2 amide bonds. The summed E-state index contributed by atoms with van der Waals surface area (Å²) in [4.78, 5) is 26.2. The van der Waals surface area contributed by atoms with E-state index in [-0.39, 0.29) is 30.5 Å². The van der Waals surface area contributed by atoms with Gasteiger partial charge in [0.1, 0.15) is 0 Å². The van der Waals surface area contributed by atoms with Gasteiger partial charge in [-0.15, -0.1) is 0 Å². The molecule has 0 aliphatic carbocycles.